The second kappa shape index (κ2) is 4.77. The zero-order chi connectivity index (χ0) is 9.68. The lowest BCUT2D eigenvalue weighted by Gasteiger charge is -2.12. The lowest BCUT2D eigenvalue weighted by molar-refractivity contribution is -0.118. The van der Waals surface area contributed by atoms with Gasteiger partial charge in [-0.2, -0.15) is 0 Å². The Labute approximate surface area is 78.5 Å². The molecular weight excluding hydrogens is 164 g/mol. The van der Waals surface area contributed by atoms with E-state index in [0.717, 1.165) is 17.4 Å². The smallest absolute Gasteiger partial charge is 0.153 e. The van der Waals surface area contributed by atoms with E-state index in [-0.39, 0.29) is 0 Å². The van der Waals surface area contributed by atoms with Gasteiger partial charge in [0.2, 0.25) is 0 Å². The van der Waals surface area contributed by atoms with Gasteiger partial charge in [-0.1, -0.05) is 24.3 Å². The van der Waals surface area contributed by atoms with Crippen LogP contribution in [0.5, 0.6) is 0 Å². The van der Waals surface area contributed by atoms with Gasteiger partial charge >= 0.3 is 0 Å². The molecule has 1 atom stereocenters. The molecule has 0 aliphatic carbocycles. The summed E-state index contributed by atoms with van der Waals surface area (Å²) in [6, 6.07) is 7.76. The van der Waals surface area contributed by atoms with Gasteiger partial charge in [0, 0.05) is 6.61 Å². The Kier molecular flexibility index (Phi) is 3.65. The summed E-state index contributed by atoms with van der Waals surface area (Å²) in [4.78, 5) is 10.7. The predicted octanol–water partition coefficient (Wildman–Crippen LogP) is 2.27. The van der Waals surface area contributed by atoms with E-state index in [1.54, 1.807) is 0 Å². The second-order valence-corrected chi connectivity index (χ2v) is 2.87. The Bertz CT molecular complexity index is 281. The molecule has 2 nitrogen and oxygen atoms in total. The molecule has 0 N–H and O–H groups in total. The molecule has 0 saturated heterocycles. The van der Waals surface area contributed by atoms with Gasteiger partial charge in [0.25, 0.3) is 0 Å². The third kappa shape index (κ3) is 2.39. The fourth-order valence-corrected chi connectivity index (χ4v) is 1.29. The fourth-order valence-electron chi connectivity index (χ4n) is 1.29. The van der Waals surface area contributed by atoms with E-state index in [1.165, 1.54) is 0 Å². The number of aryl methyl sites for hydroxylation is 1. The van der Waals surface area contributed by atoms with Crippen LogP contribution in [0.15, 0.2) is 24.3 Å². The first-order valence-electron chi connectivity index (χ1n) is 4.42. The van der Waals surface area contributed by atoms with Crippen LogP contribution in [0.2, 0.25) is 0 Å². The minimum absolute atomic E-state index is 0.411. The molecule has 0 amide bonds. The molecule has 0 aliphatic rings. The summed E-state index contributed by atoms with van der Waals surface area (Å²) in [7, 11) is 0. The van der Waals surface area contributed by atoms with Crippen molar-refractivity contribution in [3.8, 4) is 0 Å². The molecule has 0 spiro atoms. The topological polar surface area (TPSA) is 26.3 Å². The molecule has 1 aromatic carbocycles. The van der Waals surface area contributed by atoms with Gasteiger partial charge in [-0.05, 0) is 25.0 Å². The molecular formula is C11H14O2. The molecule has 70 valence electrons. The van der Waals surface area contributed by atoms with Crippen molar-refractivity contribution in [1.82, 2.24) is 0 Å². The van der Waals surface area contributed by atoms with E-state index in [0.29, 0.717) is 6.61 Å². The molecule has 1 unspecified atom stereocenters. The van der Waals surface area contributed by atoms with Crippen LogP contribution in [0.1, 0.15) is 24.2 Å². The largest absolute Gasteiger partial charge is 0.366 e. The maximum absolute atomic E-state index is 10.7. The van der Waals surface area contributed by atoms with Crippen LogP contribution in [-0.2, 0) is 9.53 Å². The van der Waals surface area contributed by atoms with Gasteiger partial charge in [-0.15, -0.1) is 0 Å². The molecule has 0 radical (unpaired) electrons. The first-order chi connectivity index (χ1) is 6.29. The Morgan fingerprint density at radius 2 is 2.15 bits per heavy atom. The van der Waals surface area contributed by atoms with Crippen LogP contribution in [0, 0.1) is 6.92 Å². The molecule has 13 heavy (non-hydrogen) atoms. The van der Waals surface area contributed by atoms with E-state index >= 15 is 0 Å². The normalized spacial score (nSPS) is 12.5. The van der Waals surface area contributed by atoms with Crippen molar-refractivity contribution in [1.29, 1.82) is 0 Å². The molecule has 0 aromatic heterocycles. The van der Waals surface area contributed by atoms with Crippen LogP contribution in [0.3, 0.4) is 0 Å². The highest BCUT2D eigenvalue weighted by atomic mass is 16.5. The summed E-state index contributed by atoms with van der Waals surface area (Å²) in [6.07, 6.45) is 0.428. The van der Waals surface area contributed by atoms with Gasteiger partial charge in [-0.3, -0.25) is 0 Å². The highest BCUT2D eigenvalue weighted by Crippen LogP contribution is 2.18. The average molecular weight is 178 g/mol. The molecule has 2 heteroatoms. The average Bonchev–Trinajstić information content (AvgIpc) is 2.16. The van der Waals surface area contributed by atoms with Crippen molar-refractivity contribution in [2.45, 2.75) is 20.0 Å². The SMILES string of the molecule is CCOC(C=O)c1ccccc1C. The van der Waals surface area contributed by atoms with Crippen LogP contribution >= 0.6 is 0 Å². The number of benzene rings is 1. The number of carbonyl (C=O) groups excluding carboxylic acids is 1. The summed E-state index contributed by atoms with van der Waals surface area (Å²) >= 11 is 0. The summed E-state index contributed by atoms with van der Waals surface area (Å²) in [6.45, 7) is 4.41. The summed E-state index contributed by atoms with van der Waals surface area (Å²) < 4.78 is 5.29. The van der Waals surface area contributed by atoms with Crippen molar-refractivity contribution >= 4 is 6.29 Å². The van der Waals surface area contributed by atoms with E-state index in [9.17, 15) is 4.79 Å². The summed E-state index contributed by atoms with van der Waals surface area (Å²) in [5, 5.41) is 0. The predicted molar refractivity (Wildman–Crippen MR) is 51.6 cm³/mol. The van der Waals surface area contributed by atoms with Crippen molar-refractivity contribution < 1.29 is 9.53 Å². The van der Waals surface area contributed by atoms with Crippen molar-refractivity contribution in [3.63, 3.8) is 0 Å². The lowest BCUT2D eigenvalue weighted by Crippen LogP contribution is -2.06. The molecule has 1 aromatic rings. The zero-order valence-electron chi connectivity index (χ0n) is 7.99. The van der Waals surface area contributed by atoms with Gasteiger partial charge in [-0.25, -0.2) is 0 Å². The van der Waals surface area contributed by atoms with E-state index < -0.39 is 6.10 Å². The first kappa shape index (κ1) is 9.93. The number of aldehydes is 1. The van der Waals surface area contributed by atoms with Gasteiger partial charge in [0.15, 0.2) is 6.29 Å². The van der Waals surface area contributed by atoms with E-state index in [2.05, 4.69) is 0 Å². The van der Waals surface area contributed by atoms with Crippen LogP contribution < -0.4 is 0 Å². The quantitative estimate of drug-likeness (QED) is 0.661. The van der Waals surface area contributed by atoms with Crippen molar-refractivity contribution in [2.75, 3.05) is 6.61 Å². The number of hydrogen-bond donors (Lipinski definition) is 0. The molecule has 1 rings (SSSR count). The number of ether oxygens (including phenoxy) is 1. The van der Waals surface area contributed by atoms with Crippen LogP contribution in [0.25, 0.3) is 0 Å². The summed E-state index contributed by atoms with van der Waals surface area (Å²) in [5.41, 5.74) is 2.05. The monoisotopic (exact) mass is 178 g/mol. The first-order valence-corrected chi connectivity index (χ1v) is 4.42. The zero-order valence-corrected chi connectivity index (χ0v) is 7.99. The number of hydrogen-bond acceptors (Lipinski definition) is 2. The van der Waals surface area contributed by atoms with E-state index in [1.807, 2.05) is 38.1 Å². The fraction of sp³-hybridized carbons (Fsp3) is 0.364. The number of carbonyl (C=O) groups is 1. The minimum atomic E-state index is -0.411. The molecule has 0 fully saturated rings. The van der Waals surface area contributed by atoms with Gasteiger partial charge < -0.3 is 9.53 Å². The maximum atomic E-state index is 10.7. The van der Waals surface area contributed by atoms with Gasteiger partial charge in [0.1, 0.15) is 6.10 Å². The second-order valence-electron chi connectivity index (χ2n) is 2.87. The third-order valence-corrected chi connectivity index (χ3v) is 1.96. The highest BCUT2D eigenvalue weighted by molar-refractivity contribution is 5.61. The highest BCUT2D eigenvalue weighted by Gasteiger charge is 2.11. The molecule has 0 saturated carbocycles. The molecule has 0 heterocycles. The summed E-state index contributed by atoms with van der Waals surface area (Å²) in [5.74, 6) is 0. The van der Waals surface area contributed by atoms with E-state index in [4.69, 9.17) is 4.74 Å². The standard InChI is InChI=1S/C11H14O2/c1-3-13-11(8-12)10-7-5-4-6-9(10)2/h4-8,11H,3H2,1-2H3. The lowest BCUT2D eigenvalue weighted by atomic mass is 10.0. The Balaban J connectivity index is 2.90. The third-order valence-electron chi connectivity index (χ3n) is 1.96. The van der Waals surface area contributed by atoms with Crippen LogP contribution in [0.4, 0.5) is 0 Å². The van der Waals surface area contributed by atoms with Gasteiger partial charge in [0.05, 0.1) is 0 Å². The molecule has 0 bridgehead atoms. The Hall–Kier alpha value is -1.15. The van der Waals surface area contributed by atoms with Crippen molar-refractivity contribution in [3.05, 3.63) is 35.4 Å². The Morgan fingerprint density at radius 1 is 1.46 bits per heavy atom. The molecule has 0 aliphatic heterocycles. The van der Waals surface area contributed by atoms with Crippen LogP contribution in [-0.4, -0.2) is 12.9 Å². The number of rotatable bonds is 4. The van der Waals surface area contributed by atoms with Crippen molar-refractivity contribution in [2.24, 2.45) is 0 Å². The Morgan fingerprint density at radius 3 is 2.69 bits per heavy atom. The minimum Gasteiger partial charge on any atom is -0.366 e. The maximum Gasteiger partial charge on any atom is 0.153 e.